The van der Waals surface area contributed by atoms with E-state index in [2.05, 4.69) is 5.32 Å². The van der Waals surface area contributed by atoms with E-state index in [1.807, 2.05) is 0 Å². The Kier molecular flexibility index (Phi) is 2.59. The molecule has 0 atom stereocenters. The van der Waals surface area contributed by atoms with E-state index in [0.29, 0.717) is 6.54 Å². The van der Waals surface area contributed by atoms with Gasteiger partial charge in [-0.05, 0) is 0 Å². The molecule has 0 saturated heterocycles. The Morgan fingerprint density at radius 3 is 3.00 bits per heavy atom. The number of aryl methyl sites for hydroxylation is 1. The van der Waals surface area contributed by atoms with Gasteiger partial charge in [-0.3, -0.25) is 4.79 Å². The smallest absolute Gasteiger partial charge is 0.286 e. The molecule has 4 nitrogen and oxygen atoms in total. The predicted octanol–water partition coefficient (Wildman–Crippen LogP) is 0.0458. The molecule has 1 N–H and O–H groups in total. The van der Waals surface area contributed by atoms with Crippen LogP contribution in [0.25, 0.3) is 0 Å². The normalized spacial score (nSPS) is 15.1. The minimum Gasteiger partial charge on any atom is -0.381 e. The van der Waals surface area contributed by atoms with Crippen LogP contribution in [0.5, 0.6) is 0 Å². The molecule has 1 aliphatic heterocycles. The van der Waals surface area contributed by atoms with Gasteiger partial charge >= 0.3 is 0 Å². The van der Waals surface area contributed by atoms with Gasteiger partial charge in [0.1, 0.15) is 5.76 Å². The molecule has 5 heteroatoms. The fraction of sp³-hybridized carbons (Fsp3) is 0.571. The number of aromatic nitrogens is 1. The third-order valence-corrected chi connectivity index (χ3v) is 1.96. The maximum absolute atomic E-state index is 11.2. The maximum Gasteiger partial charge on any atom is 0.286 e. The second-order valence-corrected chi connectivity index (χ2v) is 2.72. The first kappa shape index (κ1) is 9.35. The van der Waals surface area contributed by atoms with Gasteiger partial charge in [0.15, 0.2) is 0 Å². The summed E-state index contributed by atoms with van der Waals surface area (Å²) >= 11 is 0. The highest BCUT2D eigenvalue weighted by Gasteiger charge is 2.17. The van der Waals surface area contributed by atoms with Gasteiger partial charge < -0.3 is 9.84 Å². The molecular weight excluding hydrogens is 180 g/mol. The van der Waals surface area contributed by atoms with Crippen molar-refractivity contribution in [3.05, 3.63) is 21.7 Å². The summed E-state index contributed by atoms with van der Waals surface area (Å²) in [6.45, 7) is 1.55. The van der Waals surface area contributed by atoms with Crippen LogP contribution in [0.3, 0.4) is 0 Å². The SMILES string of the molecule is Cl.Cn1oc2c(c1=O)CNCC2. The van der Waals surface area contributed by atoms with E-state index < -0.39 is 0 Å². The molecule has 0 aromatic carbocycles. The first-order valence-corrected chi connectivity index (χ1v) is 3.68. The third-order valence-electron chi connectivity index (χ3n) is 1.96. The lowest BCUT2D eigenvalue weighted by molar-refractivity contribution is 0.272. The van der Waals surface area contributed by atoms with Crippen LogP contribution in [0.2, 0.25) is 0 Å². The summed E-state index contributed by atoms with van der Waals surface area (Å²) in [4.78, 5) is 11.2. The molecule has 2 rings (SSSR count). The molecule has 1 aliphatic rings. The molecule has 0 saturated carbocycles. The number of nitrogens with zero attached hydrogens (tertiary/aromatic N) is 1. The molecule has 68 valence electrons. The summed E-state index contributed by atoms with van der Waals surface area (Å²) < 4.78 is 6.49. The van der Waals surface area contributed by atoms with Crippen molar-refractivity contribution in [2.75, 3.05) is 6.54 Å². The lowest BCUT2D eigenvalue weighted by Gasteiger charge is -2.07. The van der Waals surface area contributed by atoms with Gasteiger partial charge in [0.05, 0.1) is 5.56 Å². The standard InChI is InChI=1S/C7H10N2O2.ClH/c1-9-7(10)5-4-8-3-2-6(5)11-9;/h8H,2-4H2,1H3;1H. The second kappa shape index (κ2) is 3.33. The predicted molar refractivity (Wildman–Crippen MR) is 46.6 cm³/mol. The minimum absolute atomic E-state index is 0. The molecule has 2 heterocycles. The van der Waals surface area contributed by atoms with Crippen molar-refractivity contribution in [1.29, 1.82) is 0 Å². The zero-order valence-electron chi connectivity index (χ0n) is 6.79. The van der Waals surface area contributed by atoms with E-state index in [9.17, 15) is 4.79 Å². The lowest BCUT2D eigenvalue weighted by atomic mass is 10.1. The molecule has 0 bridgehead atoms. The van der Waals surface area contributed by atoms with Crippen molar-refractivity contribution >= 4 is 12.4 Å². The van der Waals surface area contributed by atoms with Gasteiger partial charge in [0.2, 0.25) is 0 Å². The Morgan fingerprint density at radius 2 is 2.33 bits per heavy atom. The maximum atomic E-state index is 11.2. The monoisotopic (exact) mass is 190 g/mol. The van der Waals surface area contributed by atoms with E-state index in [-0.39, 0.29) is 18.0 Å². The van der Waals surface area contributed by atoms with E-state index >= 15 is 0 Å². The third kappa shape index (κ3) is 1.28. The minimum atomic E-state index is -0.00722. The first-order valence-electron chi connectivity index (χ1n) is 3.68. The van der Waals surface area contributed by atoms with E-state index in [4.69, 9.17) is 4.52 Å². The highest BCUT2D eigenvalue weighted by atomic mass is 35.5. The molecule has 12 heavy (non-hydrogen) atoms. The second-order valence-electron chi connectivity index (χ2n) is 2.72. The van der Waals surface area contributed by atoms with Crippen molar-refractivity contribution in [2.24, 2.45) is 7.05 Å². The molecular formula is C7H11ClN2O2. The van der Waals surface area contributed by atoms with Crippen LogP contribution >= 0.6 is 12.4 Å². The molecule has 1 aromatic rings. The first-order chi connectivity index (χ1) is 5.29. The van der Waals surface area contributed by atoms with E-state index in [1.165, 1.54) is 4.74 Å². The van der Waals surface area contributed by atoms with Gasteiger partial charge in [0, 0.05) is 26.6 Å². The lowest BCUT2D eigenvalue weighted by Crippen LogP contribution is -2.27. The molecule has 1 aromatic heterocycles. The highest BCUT2D eigenvalue weighted by Crippen LogP contribution is 2.08. The van der Waals surface area contributed by atoms with Crippen LogP contribution in [0.15, 0.2) is 9.32 Å². The van der Waals surface area contributed by atoms with Crippen LogP contribution in [-0.2, 0) is 20.0 Å². The van der Waals surface area contributed by atoms with Crippen LogP contribution in [0.4, 0.5) is 0 Å². The summed E-state index contributed by atoms with van der Waals surface area (Å²) in [5.74, 6) is 0.844. The van der Waals surface area contributed by atoms with Gasteiger partial charge in [-0.1, -0.05) is 0 Å². The largest absolute Gasteiger partial charge is 0.381 e. The van der Waals surface area contributed by atoms with Crippen molar-refractivity contribution in [2.45, 2.75) is 13.0 Å². The zero-order chi connectivity index (χ0) is 7.84. The summed E-state index contributed by atoms with van der Waals surface area (Å²) in [5.41, 5.74) is 0.783. The summed E-state index contributed by atoms with van der Waals surface area (Å²) in [7, 11) is 1.64. The Balaban J connectivity index is 0.000000720. The van der Waals surface area contributed by atoms with Gasteiger partial charge in [-0.2, -0.15) is 4.74 Å². The van der Waals surface area contributed by atoms with E-state index in [1.54, 1.807) is 7.05 Å². The zero-order valence-corrected chi connectivity index (χ0v) is 7.61. The quantitative estimate of drug-likeness (QED) is 0.629. The van der Waals surface area contributed by atoms with Crippen molar-refractivity contribution in [3.8, 4) is 0 Å². The van der Waals surface area contributed by atoms with Crippen molar-refractivity contribution in [1.82, 2.24) is 10.1 Å². The Labute approximate surface area is 75.9 Å². The summed E-state index contributed by atoms with van der Waals surface area (Å²) in [6, 6.07) is 0. The Hall–Kier alpha value is -0.740. The van der Waals surface area contributed by atoms with Crippen LogP contribution in [0, 0.1) is 0 Å². The van der Waals surface area contributed by atoms with Gasteiger partial charge in [-0.15, -0.1) is 12.4 Å². The molecule has 0 aliphatic carbocycles. The molecule has 0 amide bonds. The van der Waals surface area contributed by atoms with Gasteiger partial charge in [0.25, 0.3) is 5.56 Å². The number of hydrogen-bond acceptors (Lipinski definition) is 3. The number of rotatable bonds is 0. The topological polar surface area (TPSA) is 47.2 Å². The van der Waals surface area contributed by atoms with Crippen LogP contribution < -0.4 is 10.9 Å². The number of hydrogen-bond donors (Lipinski definition) is 1. The van der Waals surface area contributed by atoms with Gasteiger partial charge in [-0.25, -0.2) is 0 Å². The number of fused-ring (bicyclic) bond motifs is 1. The molecule has 0 fully saturated rings. The molecule has 0 unspecified atom stereocenters. The number of halogens is 1. The Bertz CT molecular complexity index is 329. The number of nitrogens with one attached hydrogen (secondary N) is 1. The summed E-state index contributed by atoms with van der Waals surface area (Å²) in [5, 5.41) is 3.12. The highest BCUT2D eigenvalue weighted by molar-refractivity contribution is 5.85. The van der Waals surface area contributed by atoms with Crippen LogP contribution in [0.1, 0.15) is 11.3 Å². The van der Waals surface area contributed by atoms with Crippen molar-refractivity contribution in [3.63, 3.8) is 0 Å². The fourth-order valence-electron chi connectivity index (χ4n) is 1.36. The van der Waals surface area contributed by atoms with Crippen molar-refractivity contribution < 1.29 is 4.52 Å². The summed E-state index contributed by atoms with van der Waals surface area (Å²) in [6.07, 6.45) is 0.825. The van der Waals surface area contributed by atoms with E-state index in [0.717, 1.165) is 24.3 Å². The molecule has 0 spiro atoms. The fourth-order valence-corrected chi connectivity index (χ4v) is 1.36. The molecule has 0 radical (unpaired) electrons. The average molecular weight is 191 g/mol. The Morgan fingerprint density at radius 1 is 1.58 bits per heavy atom. The average Bonchev–Trinajstić information content (AvgIpc) is 2.30. The van der Waals surface area contributed by atoms with Crippen LogP contribution in [-0.4, -0.2) is 11.3 Å².